The third kappa shape index (κ3) is 2.95. The van der Waals surface area contributed by atoms with Crippen LogP contribution >= 0.6 is 23.2 Å². The Morgan fingerprint density at radius 1 is 1.33 bits per heavy atom. The van der Waals surface area contributed by atoms with Gasteiger partial charge < -0.3 is 5.32 Å². The minimum absolute atomic E-state index is 0.0239. The van der Waals surface area contributed by atoms with Gasteiger partial charge in [-0.1, -0.05) is 23.2 Å². The summed E-state index contributed by atoms with van der Waals surface area (Å²) in [4.78, 5) is 11.4. The second-order valence-corrected chi connectivity index (χ2v) is 6.38. The van der Waals surface area contributed by atoms with E-state index in [2.05, 4.69) is 5.32 Å². The van der Waals surface area contributed by atoms with Crippen molar-refractivity contribution < 1.29 is 13.2 Å². The molecule has 2 rings (SSSR count). The maximum atomic E-state index is 11.8. The Labute approximate surface area is 114 Å². The summed E-state index contributed by atoms with van der Waals surface area (Å²) in [6.07, 6.45) is 1.85. The summed E-state index contributed by atoms with van der Waals surface area (Å²) in [6, 6.07) is 2.60. The Hall–Kier alpha value is -0.820. The number of hydrogen-bond acceptors (Lipinski definition) is 3. The van der Waals surface area contributed by atoms with E-state index in [1.165, 1.54) is 6.07 Å². The zero-order valence-electron chi connectivity index (χ0n) is 9.11. The maximum absolute atomic E-state index is 11.8. The molecule has 0 aliphatic heterocycles. The van der Waals surface area contributed by atoms with Crippen LogP contribution in [0.3, 0.4) is 0 Å². The second kappa shape index (κ2) is 4.70. The van der Waals surface area contributed by atoms with E-state index >= 15 is 0 Å². The van der Waals surface area contributed by atoms with Crippen LogP contribution in [0.15, 0.2) is 17.0 Å². The lowest BCUT2D eigenvalue weighted by Crippen LogP contribution is -2.26. The van der Waals surface area contributed by atoms with Crippen molar-refractivity contribution in [2.24, 2.45) is 5.14 Å². The van der Waals surface area contributed by atoms with E-state index in [1.807, 2.05) is 0 Å². The van der Waals surface area contributed by atoms with E-state index in [1.54, 1.807) is 0 Å². The summed E-state index contributed by atoms with van der Waals surface area (Å²) < 4.78 is 22.6. The number of halogens is 2. The molecule has 0 unspecified atom stereocenters. The summed E-state index contributed by atoms with van der Waals surface area (Å²) in [5.74, 6) is -0.388. The average Bonchev–Trinajstić information content (AvgIpc) is 3.03. The molecule has 0 radical (unpaired) electrons. The van der Waals surface area contributed by atoms with Crippen molar-refractivity contribution in [1.29, 1.82) is 0 Å². The van der Waals surface area contributed by atoms with Gasteiger partial charge in [0.2, 0.25) is 10.0 Å². The van der Waals surface area contributed by atoms with Crippen LogP contribution in [0.2, 0.25) is 10.0 Å². The topological polar surface area (TPSA) is 89.3 Å². The second-order valence-electron chi connectivity index (χ2n) is 4.06. The number of nitrogens with two attached hydrogens (primary N) is 1. The number of sulfonamides is 1. The quantitative estimate of drug-likeness (QED) is 0.887. The molecule has 1 amide bonds. The van der Waals surface area contributed by atoms with Gasteiger partial charge in [-0.25, -0.2) is 13.6 Å². The van der Waals surface area contributed by atoms with Crippen LogP contribution in [-0.4, -0.2) is 20.4 Å². The molecule has 18 heavy (non-hydrogen) atoms. The highest BCUT2D eigenvalue weighted by Crippen LogP contribution is 2.30. The smallest absolute Gasteiger partial charge is 0.251 e. The number of carbonyl (C=O) groups excluding carboxylic acids is 1. The van der Waals surface area contributed by atoms with Gasteiger partial charge >= 0.3 is 0 Å². The Balaban J connectivity index is 2.43. The molecule has 1 saturated carbocycles. The molecule has 1 aromatic rings. The molecule has 0 spiro atoms. The van der Waals surface area contributed by atoms with Gasteiger partial charge in [-0.2, -0.15) is 0 Å². The molecule has 1 aliphatic rings. The van der Waals surface area contributed by atoms with Crippen LogP contribution in [0.4, 0.5) is 0 Å². The molecule has 0 aromatic heterocycles. The van der Waals surface area contributed by atoms with Crippen LogP contribution in [0.1, 0.15) is 23.2 Å². The minimum atomic E-state index is -4.02. The van der Waals surface area contributed by atoms with Gasteiger partial charge in [0.15, 0.2) is 0 Å². The zero-order chi connectivity index (χ0) is 13.5. The summed E-state index contributed by atoms with van der Waals surface area (Å²) >= 11 is 11.5. The van der Waals surface area contributed by atoms with E-state index in [4.69, 9.17) is 28.3 Å². The van der Waals surface area contributed by atoms with Crippen LogP contribution in [0, 0.1) is 0 Å². The first-order valence-electron chi connectivity index (χ1n) is 5.12. The lowest BCUT2D eigenvalue weighted by molar-refractivity contribution is 0.0951. The predicted octanol–water partition coefficient (Wildman–Crippen LogP) is 1.53. The number of primary sulfonamides is 1. The lowest BCUT2D eigenvalue weighted by Gasteiger charge is -2.08. The molecule has 1 fully saturated rings. The van der Waals surface area contributed by atoms with Crippen molar-refractivity contribution in [3.05, 3.63) is 27.7 Å². The van der Waals surface area contributed by atoms with Gasteiger partial charge in [0.05, 0.1) is 10.0 Å². The molecule has 98 valence electrons. The third-order valence-electron chi connectivity index (χ3n) is 2.48. The number of hydrogen-bond donors (Lipinski definition) is 2. The van der Waals surface area contributed by atoms with Crippen molar-refractivity contribution in [2.75, 3.05) is 0 Å². The lowest BCUT2D eigenvalue weighted by atomic mass is 10.2. The summed E-state index contributed by atoms with van der Waals surface area (Å²) in [6.45, 7) is 0. The van der Waals surface area contributed by atoms with Gasteiger partial charge in [0.1, 0.15) is 4.90 Å². The fraction of sp³-hybridized carbons (Fsp3) is 0.300. The van der Waals surface area contributed by atoms with E-state index < -0.39 is 10.0 Å². The first kappa shape index (κ1) is 13.6. The number of nitrogens with one attached hydrogen (secondary N) is 1. The van der Waals surface area contributed by atoms with E-state index in [0.717, 1.165) is 18.9 Å². The minimum Gasteiger partial charge on any atom is -0.349 e. The van der Waals surface area contributed by atoms with E-state index in [-0.39, 0.29) is 32.5 Å². The molecule has 5 nitrogen and oxygen atoms in total. The van der Waals surface area contributed by atoms with Crippen molar-refractivity contribution in [1.82, 2.24) is 5.32 Å². The molecule has 0 atom stereocenters. The Morgan fingerprint density at radius 2 is 1.94 bits per heavy atom. The molecule has 1 aromatic carbocycles. The van der Waals surface area contributed by atoms with Crippen LogP contribution in [0.25, 0.3) is 0 Å². The molecule has 3 N–H and O–H groups in total. The molecule has 1 aliphatic carbocycles. The highest BCUT2D eigenvalue weighted by Gasteiger charge is 2.25. The molecular weight excluding hydrogens is 299 g/mol. The Kier molecular flexibility index (Phi) is 3.55. The van der Waals surface area contributed by atoms with Gasteiger partial charge in [0.25, 0.3) is 5.91 Å². The predicted molar refractivity (Wildman–Crippen MR) is 68.3 cm³/mol. The highest BCUT2D eigenvalue weighted by molar-refractivity contribution is 7.89. The van der Waals surface area contributed by atoms with Crippen LogP contribution < -0.4 is 10.5 Å². The Bertz CT molecular complexity index is 612. The van der Waals surface area contributed by atoms with E-state index in [9.17, 15) is 13.2 Å². The summed E-state index contributed by atoms with van der Waals surface area (Å²) in [5, 5.41) is 7.52. The highest BCUT2D eigenvalue weighted by atomic mass is 35.5. The fourth-order valence-electron chi connectivity index (χ4n) is 1.40. The summed E-state index contributed by atoms with van der Waals surface area (Å²) in [5.41, 5.74) is 0.125. The van der Waals surface area contributed by atoms with Crippen LogP contribution in [0.5, 0.6) is 0 Å². The fourth-order valence-corrected chi connectivity index (χ4v) is 2.76. The van der Waals surface area contributed by atoms with E-state index in [0.29, 0.717) is 0 Å². The van der Waals surface area contributed by atoms with Crippen molar-refractivity contribution >= 4 is 39.1 Å². The normalized spacial score (nSPS) is 15.5. The standard InChI is InChI=1S/C10H10Cl2N2O3S/c11-7-3-5(10(15)14-6-1-2-6)4-8(9(7)12)18(13,16)17/h3-4,6H,1-2H2,(H,14,15)(H2,13,16,17). The largest absolute Gasteiger partial charge is 0.349 e. The van der Waals surface area contributed by atoms with Crippen molar-refractivity contribution in [3.63, 3.8) is 0 Å². The molecular formula is C10H10Cl2N2O3S. The average molecular weight is 309 g/mol. The van der Waals surface area contributed by atoms with Crippen molar-refractivity contribution in [3.8, 4) is 0 Å². The number of amides is 1. The number of benzene rings is 1. The first-order chi connectivity index (χ1) is 8.29. The zero-order valence-corrected chi connectivity index (χ0v) is 11.4. The van der Waals surface area contributed by atoms with Gasteiger partial charge in [0, 0.05) is 11.6 Å². The SMILES string of the molecule is NS(=O)(=O)c1cc(C(=O)NC2CC2)cc(Cl)c1Cl. The maximum Gasteiger partial charge on any atom is 0.251 e. The number of carbonyl (C=O) groups is 1. The number of rotatable bonds is 3. The third-order valence-corrected chi connectivity index (χ3v) is 4.33. The molecule has 0 saturated heterocycles. The van der Waals surface area contributed by atoms with Gasteiger partial charge in [-0.05, 0) is 25.0 Å². The van der Waals surface area contributed by atoms with Gasteiger partial charge in [-0.15, -0.1) is 0 Å². The monoisotopic (exact) mass is 308 g/mol. The Morgan fingerprint density at radius 3 is 2.44 bits per heavy atom. The summed E-state index contributed by atoms with van der Waals surface area (Å²) in [7, 11) is -4.02. The molecule has 8 heteroatoms. The van der Waals surface area contributed by atoms with Gasteiger partial charge in [-0.3, -0.25) is 4.79 Å². The molecule has 0 heterocycles. The van der Waals surface area contributed by atoms with Crippen molar-refractivity contribution in [2.45, 2.75) is 23.8 Å². The molecule has 0 bridgehead atoms. The van der Waals surface area contributed by atoms with Crippen LogP contribution in [-0.2, 0) is 10.0 Å². The first-order valence-corrected chi connectivity index (χ1v) is 7.42.